The van der Waals surface area contributed by atoms with Crippen molar-refractivity contribution in [1.82, 2.24) is 9.21 Å². The number of amides is 1. The van der Waals surface area contributed by atoms with Crippen LogP contribution in [0.3, 0.4) is 0 Å². The fraction of sp³-hybridized carbons (Fsp3) is 0.750. The monoisotopic (exact) mass is 394 g/mol. The standard InChI is InChI=1S/C20H30N2O4S/c1-15-6-2-5-9-17(15)22-13-18(23)20(27(22,25)26)10-11-21(14-20)19(24)12-16-7-3-4-8-16/h2,5-6,9,15-18,23H,3-4,7-8,10-14H2,1H3/t15?,17?,18-,20+/m0/s1. The molecular formula is C20H30N2O4S. The topological polar surface area (TPSA) is 77.9 Å². The molecule has 3 fully saturated rings. The van der Waals surface area contributed by atoms with Gasteiger partial charge in [0, 0.05) is 32.1 Å². The number of aliphatic hydroxyl groups excluding tert-OH is 1. The number of β-amino-alcohol motifs (C(OH)–C–C–N with tert-alkyl or cyclic N) is 1. The maximum Gasteiger partial charge on any atom is 0.224 e. The van der Waals surface area contributed by atoms with Crippen LogP contribution in [0, 0.1) is 11.8 Å². The predicted octanol–water partition coefficient (Wildman–Crippen LogP) is 1.67. The van der Waals surface area contributed by atoms with E-state index in [1.54, 1.807) is 4.90 Å². The van der Waals surface area contributed by atoms with Crippen LogP contribution in [-0.2, 0) is 14.8 Å². The molecule has 4 atom stereocenters. The molecule has 2 aliphatic carbocycles. The number of carbonyl (C=O) groups excluding carboxylic acids is 1. The van der Waals surface area contributed by atoms with Crippen LogP contribution in [0.2, 0.25) is 0 Å². The van der Waals surface area contributed by atoms with E-state index in [-0.39, 0.29) is 31.0 Å². The molecular weight excluding hydrogens is 364 g/mol. The minimum atomic E-state index is -3.70. The Bertz CT molecular complexity index is 756. The molecule has 0 aromatic heterocycles. The third-order valence-corrected chi connectivity index (χ3v) is 9.68. The molecule has 1 spiro atoms. The van der Waals surface area contributed by atoms with Gasteiger partial charge in [0.05, 0.1) is 6.10 Å². The van der Waals surface area contributed by atoms with Gasteiger partial charge < -0.3 is 10.0 Å². The maximum atomic E-state index is 13.5. The highest BCUT2D eigenvalue weighted by atomic mass is 32.2. The van der Waals surface area contributed by atoms with Crippen LogP contribution in [0.15, 0.2) is 24.3 Å². The third kappa shape index (κ3) is 3.08. The summed E-state index contributed by atoms with van der Waals surface area (Å²) in [6.45, 7) is 2.65. The van der Waals surface area contributed by atoms with Gasteiger partial charge in [-0.3, -0.25) is 4.79 Å². The number of sulfonamides is 1. The number of likely N-dealkylation sites (tertiary alicyclic amines) is 1. The second-order valence-electron chi connectivity index (χ2n) is 8.69. The lowest BCUT2D eigenvalue weighted by molar-refractivity contribution is -0.131. The maximum absolute atomic E-state index is 13.5. The zero-order valence-corrected chi connectivity index (χ0v) is 16.8. The summed E-state index contributed by atoms with van der Waals surface area (Å²) in [7, 11) is -3.70. The fourth-order valence-electron chi connectivity index (χ4n) is 5.28. The van der Waals surface area contributed by atoms with Crippen molar-refractivity contribution in [1.29, 1.82) is 0 Å². The number of nitrogens with zero attached hydrogens (tertiary/aromatic N) is 2. The SMILES string of the molecule is CC1C=CC=CC1N1C[C@H](O)[C@]2(CCN(C(=O)CC3CCCC3)C2)S1(=O)=O. The molecule has 4 rings (SSSR count). The van der Waals surface area contributed by atoms with E-state index in [1.165, 1.54) is 17.1 Å². The van der Waals surface area contributed by atoms with E-state index in [2.05, 4.69) is 0 Å². The number of rotatable bonds is 3. The van der Waals surface area contributed by atoms with Crippen LogP contribution in [0.5, 0.6) is 0 Å². The van der Waals surface area contributed by atoms with Crippen LogP contribution in [0.25, 0.3) is 0 Å². The highest BCUT2D eigenvalue weighted by molar-refractivity contribution is 7.91. The second kappa shape index (κ2) is 7.01. The van der Waals surface area contributed by atoms with Crippen LogP contribution >= 0.6 is 0 Å². The number of carbonyl (C=O) groups is 1. The molecule has 27 heavy (non-hydrogen) atoms. The molecule has 150 valence electrons. The van der Waals surface area contributed by atoms with E-state index in [9.17, 15) is 18.3 Å². The van der Waals surface area contributed by atoms with Crippen molar-refractivity contribution < 1.29 is 18.3 Å². The van der Waals surface area contributed by atoms with Crippen molar-refractivity contribution >= 4 is 15.9 Å². The highest BCUT2D eigenvalue weighted by Crippen LogP contribution is 2.43. The third-order valence-electron chi connectivity index (χ3n) is 7.04. The summed E-state index contributed by atoms with van der Waals surface area (Å²) >= 11 is 0. The molecule has 2 aliphatic heterocycles. The summed E-state index contributed by atoms with van der Waals surface area (Å²) in [6.07, 6.45) is 12.1. The predicted molar refractivity (Wildman–Crippen MR) is 103 cm³/mol. The lowest BCUT2D eigenvalue weighted by atomic mass is 9.96. The average Bonchev–Trinajstić information content (AvgIpc) is 3.33. The molecule has 4 aliphatic rings. The Hall–Kier alpha value is -1.18. The molecule has 2 saturated heterocycles. The molecule has 6 nitrogen and oxygen atoms in total. The first-order chi connectivity index (χ1) is 12.8. The lowest BCUT2D eigenvalue weighted by Crippen LogP contribution is -2.50. The quantitative estimate of drug-likeness (QED) is 0.790. The summed E-state index contributed by atoms with van der Waals surface area (Å²) in [5.74, 6) is 0.554. The summed E-state index contributed by atoms with van der Waals surface area (Å²) in [6, 6.07) is -0.266. The molecule has 7 heteroatoms. The highest BCUT2D eigenvalue weighted by Gasteiger charge is 2.63. The van der Waals surface area contributed by atoms with Gasteiger partial charge in [0.15, 0.2) is 0 Å². The van der Waals surface area contributed by atoms with Gasteiger partial charge in [-0.15, -0.1) is 0 Å². The van der Waals surface area contributed by atoms with E-state index in [0.717, 1.165) is 12.8 Å². The van der Waals surface area contributed by atoms with E-state index < -0.39 is 20.9 Å². The number of hydrogen-bond acceptors (Lipinski definition) is 4. The lowest BCUT2D eigenvalue weighted by Gasteiger charge is -2.31. The first-order valence-electron chi connectivity index (χ1n) is 10.2. The number of allylic oxidation sites excluding steroid dienone is 2. The van der Waals surface area contributed by atoms with Gasteiger partial charge in [0.1, 0.15) is 4.75 Å². The van der Waals surface area contributed by atoms with Crippen LogP contribution in [0.1, 0.15) is 45.4 Å². The van der Waals surface area contributed by atoms with Crippen molar-refractivity contribution in [2.45, 2.75) is 62.3 Å². The number of hydrogen-bond donors (Lipinski definition) is 1. The van der Waals surface area contributed by atoms with Crippen molar-refractivity contribution in [2.75, 3.05) is 19.6 Å². The Labute approximate surface area is 162 Å². The minimum absolute atomic E-state index is 0.0495. The normalized spacial score (nSPS) is 39.0. The molecule has 0 aromatic carbocycles. The van der Waals surface area contributed by atoms with Crippen molar-refractivity contribution in [2.24, 2.45) is 11.8 Å². The van der Waals surface area contributed by atoms with Gasteiger partial charge in [-0.1, -0.05) is 44.1 Å². The first-order valence-corrected chi connectivity index (χ1v) is 11.6. The van der Waals surface area contributed by atoms with Gasteiger partial charge in [0.25, 0.3) is 0 Å². The second-order valence-corrected chi connectivity index (χ2v) is 10.9. The summed E-state index contributed by atoms with van der Waals surface area (Å²) < 4.78 is 27.1. The fourth-order valence-corrected chi connectivity index (χ4v) is 7.75. The van der Waals surface area contributed by atoms with Crippen LogP contribution in [0.4, 0.5) is 0 Å². The van der Waals surface area contributed by atoms with E-state index in [1.807, 2.05) is 31.2 Å². The van der Waals surface area contributed by atoms with Crippen molar-refractivity contribution in [3.05, 3.63) is 24.3 Å². The Kier molecular flexibility index (Phi) is 4.97. The Morgan fingerprint density at radius 1 is 1.22 bits per heavy atom. The Morgan fingerprint density at radius 3 is 2.63 bits per heavy atom. The zero-order chi connectivity index (χ0) is 19.2. The Balaban J connectivity index is 1.52. The molecule has 1 N–H and O–H groups in total. The average molecular weight is 395 g/mol. The molecule has 0 radical (unpaired) electrons. The van der Waals surface area contributed by atoms with Crippen LogP contribution in [-0.4, -0.2) is 65.2 Å². The van der Waals surface area contributed by atoms with Gasteiger partial charge in [-0.25, -0.2) is 8.42 Å². The van der Waals surface area contributed by atoms with Gasteiger partial charge in [-0.2, -0.15) is 4.31 Å². The Morgan fingerprint density at radius 2 is 1.93 bits per heavy atom. The summed E-state index contributed by atoms with van der Waals surface area (Å²) in [5, 5.41) is 10.8. The molecule has 1 amide bonds. The summed E-state index contributed by atoms with van der Waals surface area (Å²) in [5.41, 5.74) is 0. The smallest absolute Gasteiger partial charge is 0.224 e. The molecule has 2 unspecified atom stereocenters. The molecule has 0 aromatic rings. The van der Waals surface area contributed by atoms with Gasteiger partial charge >= 0.3 is 0 Å². The molecule has 1 saturated carbocycles. The van der Waals surface area contributed by atoms with Crippen LogP contribution < -0.4 is 0 Å². The van der Waals surface area contributed by atoms with E-state index in [4.69, 9.17) is 0 Å². The largest absolute Gasteiger partial charge is 0.390 e. The van der Waals surface area contributed by atoms with Crippen molar-refractivity contribution in [3.63, 3.8) is 0 Å². The summed E-state index contributed by atoms with van der Waals surface area (Å²) in [4.78, 5) is 14.4. The van der Waals surface area contributed by atoms with E-state index >= 15 is 0 Å². The minimum Gasteiger partial charge on any atom is -0.390 e. The molecule has 2 heterocycles. The van der Waals surface area contributed by atoms with E-state index in [0.29, 0.717) is 25.3 Å². The molecule has 0 bridgehead atoms. The van der Waals surface area contributed by atoms with Gasteiger partial charge in [0.2, 0.25) is 15.9 Å². The van der Waals surface area contributed by atoms with Crippen molar-refractivity contribution in [3.8, 4) is 0 Å². The first kappa shape index (κ1) is 19.2. The number of aliphatic hydroxyl groups is 1. The van der Waals surface area contributed by atoms with Gasteiger partial charge in [-0.05, 0) is 31.1 Å². The zero-order valence-electron chi connectivity index (χ0n) is 16.0.